The Hall–Kier alpha value is -4.95. The molecule has 53 heavy (non-hydrogen) atoms. The number of rotatable bonds is 7. The van der Waals surface area contributed by atoms with E-state index in [0.29, 0.717) is 0 Å². The molecule has 6 atom stereocenters. The fourth-order valence-electron chi connectivity index (χ4n) is 6.12. The van der Waals surface area contributed by atoms with Crippen molar-refractivity contribution in [3.63, 3.8) is 0 Å². The second kappa shape index (κ2) is 19.8. The van der Waals surface area contributed by atoms with Crippen molar-refractivity contribution in [2.24, 2.45) is 17.8 Å². The Morgan fingerprint density at radius 2 is 1.17 bits per heavy atom. The minimum Gasteiger partial charge on any atom is -0.361 e. The lowest BCUT2D eigenvalue weighted by atomic mass is 9.98. The Bertz CT molecular complexity index is 1620. The molecule has 7 amide bonds. The van der Waals surface area contributed by atoms with Crippen molar-refractivity contribution in [1.29, 1.82) is 0 Å². The molecule has 1 aliphatic rings. The Balaban J connectivity index is 1.93. The van der Waals surface area contributed by atoms with Crippen molar-refractivity contribution in [1.82, 2.24) is 42.2 Å². The molecular weight excluding hydrogens is 680 g/mol. The smallest absolute Gasteiger partial charge is 0.243 e. The van der Waals surface area contributed by atoms with Gasteiger partial charge < -0.3 is 42.2 Å². The first-order valence-electron chi connectivity index (χ1n) is 18.6. The van der Waals surface area contributed by atoms with Crippen molar-refractivity contribution < 1.29 is 33.6 Å². The zero-order valence-electron chi connectivity index (χ0n) is 32.2. The molecule has 1 aromatic carbocycles. The van der Waals surface area contributed by atoms with Crippen LogP contribution < -0.4 is 37.2 Å². The number of nitrogens with one attached hydrogen (secondary N) is 8. The number of aromatic nitrogens is 1. The van der Waals surface area contributed by atoms with E-state index in [1.54, 1.807) is 20.0 Å². The third-order valence-electron chi connectivity index (χ3n) is 9.06. The topological polar surface area (TPSA) is 219 Å². The van der Waals surface area contributed by atoms with Crippen LogP contribution in [0.4, 0.5) is 0 Å². The first-order valence-corrected chi connectivity index (χ1v) is 18.6. The number of fused-ring (bicyclic) bond motifs is 1. The van der Waals surface area contributed by atoms with Crippen LogP contribution in [0.5, 0.6) is 0 Å². The van der Waals surface area contributed by atoms with Crippen molar-refractivity contribution in [2.45, 2.75) is 124 Å². The van der Waals surface area contributed by atoms with Crippen molar-refractivity contribution in [3.8, 4) is 0 Å². The number of hydrogen-bond acceptors (Lipinski definition) is 7. The number of hydrogen-bond donors (Lipinski definition) is 8. The molecule has 0 aliphatic carbocycles. The van der Waals surface area contributed by atoms with Gasteiger partial charge in [0.1, 0.15) is 36.3 Å². The fourth-order valence-corrected chi connectivity index (χ4v) is 6.12. The van der Waals surface area contributed by atoms with Gasteiger partial charge >= 0.3 is 0 Å². The van der Waals surface area contributed by atoms with Crippen LogP contribution >= 0.6 is 0 Å². The molecular formula is C38H58N8O7. The fraction of sp³-hybridized carbons (Fsp3) is 0.605. The number of carbonyl (C=O) groups excluding carboxylic acids is 7. The highest BCUT2D eigenvalue weighted by molar-refractivity contribution is 5.97. The molecule has 0 radical (unpaired) electrons. The number of amides is 7. The summed E-state index contributed by atoms with van der Waals surface area (Å²) in [6, 6.07) is 1.38. The molecule has 292 valence electrons. The molecule has 15 nitrogen and oxygen atoms in total. The summed E-state index contributed by atoms with van der Waals surface area (Å²) in [6.45, 7) is 14.2. The van der Waals surface area contributed by atoms with Gasteiger partial charge in [0.15, 0.2) is 0 Å². The first-order chi connectivity index (χ1) is 25.0. The molecule has 15 heteroatoms. The zero-order chi connectivity index (χ0) is 39.4. The van der Waals surface area contributed by atoms with Gasteiger partial charge in [-0.15, -0.1) is 0 Å². The summed E-state index contributed by atoms with van der Waals surface area (Å²) in [7, 11) is 0. The standard InChI is InChI=1S/C38H58N8O7/c1-20(2)16-28-36(51)42-24(8)33(48)43-30(18-25-19-40-27-13-10-9-12-26(25)27)35(50)39-15-11-14-31(47)41-23(7)34(49)46-32(22(5)6)38(53)45-29(17-21(3)4)37(52)44-28/h9-10,12-13,19-24,28-30,32,40H,11,14-18H2,1-8H3,(H,39,50)(H,41,47)(H,42,51)(H,43,48)(H,44,52)(H,45,53)(H,46,49). The highest BCUT2D eigenvalue weighted by Gasteiger charge is 2.34. The van der Waals surface area contributed by atoms with Crippen LogP contribution in [0.3, 0.4) is 0 Å². The highest BCUT2D eigenvalue weighted by atomic mass is 16.2. The van der Waals surface area contributed by atoms with Crippen LogP contribution in [0.2, 0.25) is 0 Å². The Morgan fingerprint density at radius 3 is 1.79 bits per heavy atom. The van der Waals surface area contributed by atoms with Crippen LogP contribution in [0.1, 0.15) is 86.6 Å². The van der Waals surface area contributed by atoms with Crippen molar-refractivity contribution >= 4 is 52.3 Å². The highest BCUT2D eigenvalue weighted by Crippen LogP contribution is 2.19. The maximum absolute atomic E-state index is 13.7. The molecule has 2 heterocycles. The van der Waals surface area contributed by atoms with Gasteiger partial charge in [-0.05, 0) is 62.5 Å². The van der Waals surface area contributed by atoms with Gasteiger partial charge in [0.25, 0.3) is 0 Å². The van der Waals surface area contributed by atoms with Gasteiger partial charge in [-0.2, -0.15) is 0 Å². The maximum atomic E-state index is 13.7. The van der Waals surface area contributed by atoms with E-state index in [0.717, 1.165) is 16.5 Å². The van der Waals surface area contributed by atoms with Gasteiger partial charge in [-0.3, -0.25) is 33.6 Å². The summed E-state index contributed by atoms with van der Waals surface area (Å²) in [4.78, 5) is 97.1. The molecule has 1 aliphatic heterocycles. The third-order valence-corrected chi connectivity index (χ3v) is 9.06. The van der Waals surface area contributed by atoms with Crippen LogP contribution in [-0.2, 0) is 40.0 Å². The van der Waals surface area contributed by atoms with Gasteiger partial charge in [-0.1, -0.05) is 59.7 Å². The van der Waals surface area contributed by atoms with Gasteiger partial charge in [0.2, 0.25) is 41.4 Å². The van der Waals surface area contributed by atoms with Gasteiger partial charge in [0.05, 0.1) is 0 Å². The summed E-state index contributed by atoms with van der Waals surface area (Å²) in [5, 5.41) is 20.0. The predicted molar refractivity (Wildman–Crippen MR) is 201 cm³/mol. The second-order valence-corrected chi connectivity index (χ2v) is 15.2. The lowest BCUT2D eigenvalue weighted by Crippen LogP contribution is -2.60. The van der Waals surface area contributed by atoms with Crippen LogP contribution in [0.15, 0.2) is 30.5 Å². The number of aromatic amines is 1. The van der Waals surface area contributed by atoms with E-state index in [2.05, 4.69) is 42.2 Å². The van der Waals surface area contributed by atoms with Crippen molar-refractivity contribution in [3.05, 3.63) is 36.0 Å². The van der Waals surface area contributed by atoms with Crippen LogP contribution in [-0.4, -0.2) is 89.1 Å². The lowest BCUT2D eigenvalue weighted by Gasteiger charge is -2.29. The molecule has 8 N–H and O–H groups in total. The molecule has 0 saturated carbocycles. The SMILES string of the molecule is CC(C)CC1NC(=O)C(CC(C)C)NC(=O)C(C(C)C)NC(=O)C(C)NC(=O)CCCNC(=O)C(Cc2c[nH]c3ccccc23)NC(=O)C(C)NC1=O. The summed E-state index contributed by atoms with van der Waals surface area (Å²) in [6.07, 6.45) is 2.66. The number of H-pyrrole nitrogens is 1. The summed E-state index contributed by atoms with van der Waals surface area (Å²) in [5.41, 5.74) is 1.66. The Morgan fingerprint density at radius 1 is 0.623 bits per heavy atom. The van der Waals surface area contributed by atoms with E-state index in [4.69, 9.17) is 0 Å². The third kappa shape index (κ3) is 12.9. The predicted octanol–water partition coefficient (Wildman–Crippen LogP) is 1.32. The van der Waals surface area contributed by atoms with Gasteiger partial charge in [0, 0.05) is 36.5 Å². The summed E-state index contributed by atoms with van der Waals surface area (Å²) < 4.78 is 0. The monoisotopic (exact) mass is 738 g/mol. The Labute approximate surface area is 311 Å². The van der Waals surface area contributed by atoms with Crippen LogP contribution in [0, 0.1) is 17.8 Å². The zero-order valence-corrected chi connectivity index (χ0v) is 32.2. The van der Waals surface area contributed by atoms with E-state index < -0.39 is 77.6 Å². The molecule has 1 fully saturated rings. The molecule has 3 rings (SSSR count). The molecule has 6 unspecified atom stereocenters. The van der Waals surface area contributed by atoms with E-state index in [1.165, 1.54) is 13.8 Å². The van der Waals surface area contributed by atoms with E-state index in [9.17, 15) is 33.6 Å². The van der Waals surface area contributed by atoms with Crippen molar-refractivity contribution in [2.75, 3.05) is 6.54 Å². The summed E-state index contributed by atoms with van der Waals surface area (Å²) in [5.74, 6) is -4.28. The van der Waals surface area contributed by atoms with E-state index >= 15 is 0 Å². The minimum absolute atomic E-state index is 0.00191. The average Bonchev–Trinajstić information content (AvgIpc) is 3.49. The molecule has 1 aromatic heterocycles. The molecule has 2 aromatic rings. The van der Waals surface area contributed by atoms with Crippen LogP contribution in [0.25, 0.3) is 10.9 Å². The largest absolute Gasteiger partial charge is 0.361 e. The second-order valence-electron chi connectivity index (χ2n) is 15.2. The lowest BCUT2D eigenvalue weighted by molar-refractivity contribution is -0.136. The molecule has 0 spiro atoms. The average molecular weight is 739 g/mol. The summed E-state index contributed by atoms with van der Waals surface area (Å²) >= 11 is 0. The number of benzene rings is 1. The molecule has 1 saturated heterocycles. The van der Waals surface area contributed by atoms with E-state index in [-0.39, 0.29) is 56.4 Å². The minimum atomic E-state index is -1.08. The van der Waals surface area contributed by atoms with Gasteiger partial charge in [-0.25, -0.2) is 0 Å². The number of carbonyl (C=O) groups is 7. The quantitative estimate of drug-likeness (QED) is 0.208. The first kappa shape index (κ1) is 42.5. The normalized spacial score (nSPS) is 25.3. The Kier molecular flexibility index (Phi) is 15.8. The maximum Gasteiger partial charge on any atom is 0.243 e. The molecule has 0 bridgehead atoms. The number of para-hydroxylation sites is 1. The van der Waals surface area contributed by atoms with E-state index in [1.807, 2.05) is 52.0 Å².